The normalized spacial score (nSPS) is 16.9. The maximum absolute atomic E-state index is 5.52. The minimum atomic E-state index is 0.347. The molecule has 0 amide bonds. The average molecular weight is 366 g/mol. The Kier molecular flexibility index (Phi) is 5.36. The van der Waals surface area contributed by atoms with Gasteiger partial charge in [-0.1, -0.05) is 18.2 Å². The predicted octanol–water partition coefficient (Wildman–Crippen LogP) is 3.50. The van der Waals surface area contributed by atoms with Crippen LogP contribution in [0.2, 0.25) is 0 Å². The second kappa shape index (κ2) is 8.06. The largest absolute Gasteiger partial charge is 0.381 e. The van der Waals surface area contributed by atoms with E-state index >= 15 is 0 Å². The number of methoxy groups -OCH3 is 1. The molecule has 0 spiro atoms. The molecule has 4 rings (SSSR count). The van der Waals surface area contributed by atoms with E-state index in [9.17, 15) is 0 Å². The van der Waals surface area contributed by atoms with Crippen molar-refractivity contribution in [1.29, 1.82) is 0 Å². The Bertz CT molecular complexity index is 916. The van der Waals surface area contributed by atoms with Gasteiger partial charge in [0.05, 0.1) is 12.3 Å². The third-order valence-corrected chi connectivity index (χ3v) is 5.07. The second-order valence-electron chi connectivity index (χ2n) is 7.01. The van der Waals surface area contributed by atoms with Gasteiger partial charge >= 0.3 is 0 Å². The number of fused-ring (bicyclic) bond motifs is 1. The molecule has 0 bridgehead atoms. The zero-order valence-electron chi connectivity index (χ0n) is 15.9. The molecule has 1 aliphatic heterocycles. The summed E-state index contributed by atoms with van der Waals surface area (Å²) in [6.07, 6.45) is 1.01. The van der Waals surface area contributed by atoms with Crippen LogP contribution in [-0.2, 0) is 22.6 Å². The first-order chi connectivity index (χ1) is 13.2. The summed E-state index contributed by atoms with van der Waals surface area (Å²) in [7, 11) is 1.67. The standard InChI is InChI=1S/C21H26N4O2/c1-15-11-16-5-3-4-6-19(16)25(15)9-8-22-20-12-18(17-7-10-27-13-17)23-21(24-20)14-26-2/h3-6,11-12,17H,7-10,13-14H2,1-2H3,(H,22,23,24). The van der Waals surface area contributed by atoms with E-state index in [-0.39, 0.29) is 0 Å². The van der Waals surface area contributed by atoms with Crippen molar-refractivity contribution in [3.63, 3.8) is 0 Å². The van der Waals surface area contributed by atoms with Crippen LogP contribution in [0.4, 0.5) is 5.82 Å². The van der Waals surface area contributed by atoms with E-state index in [0.717, 1.165) is 44.2 Å². The third kappa shape index (κ3) is 3.96. The van der Waals surface area contributed by atoms with Crippen LogP contribution in [0.1, 0.15) is 29.6 Å². The molecule has 0 aliphatic carbocycles. The van der Waals surface area contributed by atoms with Gasteiger partial charge in [-0.25, -0.2) is 9.97 Å². The van der Waals surface area contributed by atoms with Gasteiger partial charge < -0.3 is 19.4 Å². The van der Waals surface area contributed by atoms with Crippen LogP contribution in [0.5, 0.6) is 0 Å². The molecule has 0 radical (unpaired) electrons. The lowest BCUT2D eigenvalue weighted by molar-refractivity contribution is 0.177. The van der Waals surface area contributed by atoms with E-state index < -0.39 is 0 Å². The summed E-state index contributed by atoms with van der Waals surface area (Å²) in [5, 5.41) is 4.75. The number of para-hydroxylation sites is 1. The Morgan fingerprint density at radius 2 is 2.15 bits per heavy atom. The molecule has 3 heterocycles. The number of ether oxygens (including phenoxy) is 2. The number of nitrogens with one attached hydrogen (secondary N) is 1. The number of hydrogen-bond donors (Lipinski definition) is 1. The van der Waals surface area contributed by atoms with Crippen molar-refractivity contribution in [2.75, 3.05) is 32.2 Å². The summed E-state index contributed by atoms with van der Waals surface area (Å²) in [6, 6.07) is 12.8. The molecule has 142 valence electrons. The topological polar surface area (TPSA) is 61.2 Å². The molecular formula is C21H26N4O2. The molecule has 1 atom stereocenters. The van der Waals surface area contributed by atoms with Crippen molar-refractivity contribution in [2.45, 2.75) is 32.4 Å². The highest BCUT2D eigenvalue weighted by molar-refractivity contribution is 5.81. The van der Waals surface area contributed by atoms with E-state index in [4.69, 9.17) is 9.47 Å². The zero-order chi connectivity index (χ0) is 18.6. The number of hydrogen-bond acceptors (Lipinski definition) is 5. The minimum absolute atomic E-state index is 0.347. The van der Waals surface area contributed by atoms with E-state index in [2.05, 4.69) is 63.2 Å². The monoisotopic (exact) mass is 366 g/mol. The van der Waals surface area contributed by atoms with E-state index in [1.165, 1.54) is 16.6 Å². The van der Waals surface area contributed by atoms with Crippen molar-refractivity contribution in [3.8, 4) is 0 Å². The molecule has 1 unspecified atom stereocenters. The van der Waals surface area contributed by atoms with Gasteiger partial charge in [-0.05, 0) is 30.9 Å². The van der Waals surface area contributed by atoms with Crippen molar-refractivity contribution in [2.24, 2.45) is 0 Å². The number of benzene rings is 1. The Hall–Kier alpha value is -2.44. The maximum Gasteiger partial charge on any atom is 0.156 e. The van der Waals surface area contributed by atoms with Gasteiger partial charge in [0.25, 0.3) is 0 Å². The Labute approximate surface area is 159 Å². The van der Waals surface area contributed by atoms with Crippen molar-refractivity contribution < 1.29 is 9.47 Å². The summed E-state index contributed by atoms with van der Waals surface area (Å²) in [4.78, 5) is 9.26. The van der Waals surface area contributed by atoms with E-state index in [1.54, 1.807) is 7.11 Å². The fraction of sp³-hybridized carbons (Fsp3) is 0.429. The summed E-state index contributed by atoms with van der Waals surface area (Å²) < 4.78 is 13.1. The van der Waals surface area contributed by atoms with Crippen LogP contribution in [-0.4, -0.2) is 41.4 Å². The molecule has 1 saturated heterocycles. The quantitative estimate of drug-likeness (QED) is 0.693. The highest BCUT2D eigenvalue weighted by Crippen LogP contribution is 2.25. The summed E-state index contributed by atoms with van der Waals surface area (Å²) in [5.74, 6) is 1.92. The highest BCUT2D eigenvalue weighted by Gasteiger charge is 2.20. The van der Waals surface area contributed by atoms with Crippen LogP contribution in [0.25, 0.3) is 10.9 Å². The third-order valence-electron chi connectivity index (χ3n) is 5.07. The average Bonchev–Trinajstić information content (AvgIpc) is 3.30. The number of aryl methyl sites for hydroxylation is 1. The number of nitrogens with zero attached hydrogens (tertiary/aromatic N) is 3. The van der Waals surface area contributed by atoms with E-state index in [0.29, 0.717) is 18.3 Å². The molecule has 1 N–H and O–H groups in total. The molecule has 3 aromatic rings. The molecule has 27 heavy (non-hydrogen) atoms. The molecular weight excluding hydrogens is 340 g/mol. The van der Waals surface area contributed by atoms with Crippen LogP contribution >= 0.6 is 0 Å². The highest BCUT2D eigenvalue weighted by atomic mass is 16.5. The number of aromatic nitrogens is 3. The molecule has 0 saturated carbocycles. The second-order valence-corrected chi connectivity index (χ2v) is 7.01. The fourth-order valence-corrected chi connectivity index (χ4v) is 3.72. The first-order valence-corrected chi connectivity index (χ1v) is 9.48. The van der Waals surface area contributed by atoms with Crippen LogP contribution < -0.4 is 5.32 Å². The SMILES string of the molecule is COCc1nc(NCCn2c(C)cc3ccccc32)cc(C2CCOC2)n1. The van der Waals surface area contributed by atoms with Gasteiger partial charge in [-0.3, -0.25) is 0 Å². The van der Waals surface area contributed by atoms with Gasteiger partial charge in [-0.15, -0.1) is 0 Å². The van der Waals surface area contributed by atoms with Crippen LogP contribution in [0.15, 0.2) is 36.4 Å². The Balaban J connectivity index is 1.49. The first kappa shape index (κ1) is 17.9. The van der Waals surface area contributed by atoms with Crippen LogP contribution in [0, 0.1) is 6.92 Å². The molecule has 1 aromatic carbocycles. The molecule has 2 aromatic heterocycles. The minimum Gasteiger partial charge on any atom is -0.381 e. The summed E-state index contributed by atoms with van der Waals surface area (Å²) >= 11 is 0. The van der Waals surface area contributed by atoms with Crippen molar-refractivity contribution >= 4 is 16.7 Å². The Morgan fingerprint density at radius 1 is 1.26 bits per heavy atom. The molecule has 1 fully saturated rings. The van der Waals surface area contributed by atoms with Gasteiger partial charge in [0, 0.05) is 50.0 Å². The number of anilines is 1. The lowest BCUT2D eigenvalue weighted by Crippen LogP contribution is -2.14. The lowest BCUT2D eigenvalue weighted by atomic mass is 10.0. The van der Waals surface area contributed by atoms with E-state index in [1.807, 2.05) is 0 Å². The summed E-state index contributed by atoms with van der Waals surface area (Å²) in [5.41, 5.74) is 3.58. The van der Waals surface area contributed by atoms with Gasteiger partial charge in [-0.2, -0.15) is 0 Å². The van der Waals surface area contributed by atoms with Crippen molar-refractivity contribution in [3.05, 3.63) is 53.6 Å². The van der Waals surface area contributed by atoms with Crippen LogP contribution in [0.3, 0.4) is 0 Å². The first-order valence-electron chi connectivity index (χ1n) is 9.48. The number of rotatable bonds is 7. The Morgan fingerprint density at radius 3 is 2.96 bits per heavy atom. The summed E-state index contributed by atoms with van der Waals surface area (Å²) in [6.45, 7) is 5.78. The van der Waals surface area contributed by atoms with Gasteiger partial charge in [0.1, 0.15) is 12.4 Å². The fourth-order valence-electron chi connectivity index (χ4n) is 3.72. The van der Waals surface area contributed by atoms with Gasteiger partial charge in [0.2, 0.25) is 0 Å². The lowest BCUT2D eigenvalue weighted by Gasteiger charge is -2.14. The zero-order valence-corrected chi connectivity index (χ0v) is 15.9. The molecule has 1 aliphatic rings. The molecule has 6 nitrogen and oxygen atoms in total. The van der Waals surface area contributed by atoms with Gasteiger partial charge in [0.15, 0.2) is 5.82 Å². The van der Waals surface area contributed by atoms with Crippen molar-refractivity contribution in [1.82, 2.24) is 14.5 Å². The smallest absolute Gasteiger partial charge is 0.156 e. The predicted molar refractivity (Wildman–Crippen MR) is 106 cm³/mol. The maximum atomic E-state index is 5.52. The molecule has 6 heteroatoms.